The zero-order valence-electron chi connectivity index (χ0n) is 52.6. The number of para-hydroxylation sites is 6. The number of benzene rings is 12. The van der Waals surface area contributed by atoms with Gasteiger partial charge in [-0.2, -0.15) is 0 Å². The smallest absolute Gasteiger partial charge is 0.330 e. The van der Waals surface area contributed by atoms with Crippen LogP contribution in [-0.2, 0) is 14.3 Å². The highest BCUT2D eigenvalue weighted by Crippen LogP contribution is 2.41. The molecule has 0 spiro atoms. The average molecular weight is 1270 g/mol. The molecule has 472 valence electrons. The second-order valence-electron chi connectivity index (χ2n) is 21.5. The normalized spacial score (nSPS) is 10.4. The van der Waals surface area contributed by atoms with Crippen LogP contribution in [-0.4, -0.2) is 42.7 Å². The Morgan fingerprint density at radius 2 is 0.516 bits per heavy atom. The van der Waals surface area contributed by atoms with Gasteiger partial charge in [0.05, 0.1) is 19.8 Å². The molecule has 0 atom stereocenters. The van der Waals surface area contributed by atoms with Crippen molar-refractivity contribution in [2.75, 3.05) is 46.0 Å². The van der Waals surface area contributed by atoms with E-state index in [1.807, 2.05) is 72.8 Å². The van der Waals surface area contributed by atoms with Crippen LogP contribution in [0, 0.1) is 0 Å². The fourth-order valence-electron chi connectivity index (χ4n) is 10.6. The molecule has 0 aliphatic heterocycles. The number of anilines is 12. The van der Waals surface area contributed by atoms with Crippen LogP contribution in [0.2, 0.25) is 0 Å². The third-order valence-electron chi connectivity index (χ3n) is 15.1. The molecule has 95 heavy (non-hydrogen) atoms. The minimum atomic E-state index is -0.509. The molecule has 0 fully saturated rings. The maximum atomic E-state index is 11.2. The first-order valence-electron chi connectivity index (χ1n) is 31.4. The Balaban J connectivity index is 0.000000194. The molecule has 10 nitrogen and oxygen atoms in total. The SMILES string of the molecule is C=CC(=O)Cl.C=CC(=O)OCCCOc1ccc(N(c2ccccc2)c2ccc(-c3ccc(N(c4ccccc4)c4ccccc4)cc3)cc2)cc1.OCCCOc1ccc(N(c2ccccc2)c2ccc(-c3ccc(N(c4ccccc4)c4ccccc4)cc3)cc2)cc1. The van der Waals surface area contributed by atoms with Crippen molar-refractivity contribution in [2.45, 2.75) is 12.8 Å². The quantitative estimate of drug-likeness (QED) is 0.0258. The molecule has 0 aliphatic carbocycles. The lowest BCUT2D eigenvalue weighted by Crippen LogP contribution is -2.10. The summed E-state index contributed by atoms with van der Waals surface area (Å²) in [5, 5.41) is 8.53. The van der Waals surface area contributed by atoms with E-state index in [2.05, 4.69) is 288 Å². The molecule has 0 heterocycles. The first-order valence-corrected chi connectivity index (χ1v) is 31.7. The number of aliphatic hydroxyl groups is 1. The fraction of sp³-hybridized carbons (Fsp3) is 0.0714. The molecule has 11 heteroatoms. The van der Waals surface area contributed by atoms with Crippen molar-refractivity contribution < 1.29 is 28.9 Å². The van der Waals surface area contributed by atoms with Gasteiger partial charge in [0, 0.05) is 93.8 Å². The maximum absolute atomic E-state index is 11.2. The zero-order chi connectivity index (χ0) is 65.8. The Morgan fingerprint density at radius 1 is 0.305 bits per heavy atom. The molecule has 0 aliphatic rings. The van der Waals surface area contributed by atoms with E-state index >= 15 is 0 Å². The summed E-state index contributed by atoms with van der Waals surface area (Å²) in [6, 6.07) is 113. The van der Waals surface area contributed by atoms with Gasteiger partial charge in [-0.3, -0.25) is 4.79 Å². The van der Waals surface area contributed by atoms with E-state index in [9.17, 15) is 9.59 Å². The molecule has 0 amide bonds. The highest BCUT2D eigenvalue weighted by atomic mass is 35.5. The van der Waals surface area contributed by atoms with Gasteiger partial charge in [0.15, 0.2) is 0 Å². The van der Waals surface area contributed by atoms with Crippen LogP contribution in [0.1, 0.15) is 12.8 Å². The Labute approximate surface area is 562 Å². The van der Waals surface area contributed by atoms with Gasteiger partial charge >= 0.3 is 5.97 Å². The molecule has 0 radical (unpaired) electrons. The molecular formula is C84H73ClN4O6. The van der Waals surface area contributed by atoms with Gasteiger partial charge in [-0.1, -0.05) is 171 Å². The van der Waals surface area contributed by atoms with Crippen molar-refractivity contribution in [1.29, 1.82) is 0 Å². The van der Waals surface area contributed by atoms with E-state index < -0.39 is 11.2 Å². The number of esters is 1. The van der Waals surface area contributed by atoms with Gasteiger partial charge in [-0.25, -0.2) is 4.79 Å². The van der Waals surface area contributed by atoms with Crippen LogP contribution in [0.3, 0.4) is 0 Å². The van der Waals surface area contributed by atoms with Crippen LogP contribution in [0.15, 0.2) is 353 Å². The van der Waals surface area contributed by atoms with E-state index in [1.165, 1.54) is 0 Å². The molecule has 12 aromatic rings. The van der Waals surface area contributed by atoms with Gasteiger partial charge in [0.2, 0.25) is 5.24 Å². The molecule has 0 unspecified atom stereocenters. The second kappa shape index (κ2) is 34.7. The first-order chi connectivity index (χ1) is 46.8. The highest BCUT2D eigenvalue weighted by molar-refractivity contribution is 6.66. The molecule has 0 bridgehead atoms. The number of hydrogen-bond acceptors (Lipinski definition) is 10. The van der Waals surface area contributed by atoms with Crippen molar-refractivity contribution in [3.8, 4) is 33.8 Å². The lowest BCUT2D eigenvalue weighted by Gasteiger charge is -2.26. The summed E-state index contributed by atoms with van der Waals surface area (Å²) in [6.07, 6.45) is 3.42. The van der Waals surface area contributed by atoms with Crippen molar-refractivity contribution >= 4 is 91.1 Å². The van der Waals surface area contributed by atoms with Crippen LogP contribution >= 0.6 is 11.6 Å². The van der Waals surface area contributed by atoms with Gasteiger partial charge in [0.25, 0.3) is 0 Å². The average Bonchev–Trinajstić information content (AvgIpc) is 0.864. The van der Waals surface area contributed by atoms with E-state index in [4.69, 9.17) is 30.9 Å². The Hall–Kier alpha value is -11.7. The van der Waals surface area contributed by atoms with E-state index in [-0.39, 0.29) is 6.61 Å². The minimum absolute atomic E-state index is 0.125. The summed E-state index contributed by atoms with van der Waals surface area (Å²) < 4.78 is 16.6. The van der Waals surface area contributed by atoms with Crippen molar-refractivity contribution in [2.24, 2.45) is 0 Å². The Bertz CT molecular complexity index is 4190. The van der Waals surface area contributed by atoms with Crippen LogP contribution in [0.5, 0.6) is 11.5 Å². The van der Waals surface area contributed by atoms with E-state index in [0.717, 1.165) is 114 Å². The molecule has 0 saturated carbocycles. The number of halogens is 1. The predicted octanol–water partition coefficient (Wildman–Crippen LogP) is 21.8. The van der Waals surface area contributed by atoms with Crippen LogP contribution in [0.4, 0.5) is 68.2 Å². The van der Waals surface area contributed by atoms with Crippen molar-refractivity contribution in [3.05, 3.63) is 353 Å². The van der Waals surface area contributed by atoms with E-state index in [0.29, 0.717) is 32.7 Å². The van der Waals surface area contributed by atoms with E-state index in [1.54, 1.807) is 0 Å². The Morgan fingerprint density at radius 3 is 0.726 bits per heavy atom. The summed E-state index contributed by atoms with van der Waals surface area (Å²) in [6.45, 7) is 7.85. The summed E-state index contributed by atoms with van der Waals surface area (Å²) in [7, 11) is 0. The number of nitrogens with zero attached hydrogens (tertiary/aromatic N) is 4. The minimum Gasteiger partial charge on any atom is -0.494 e. The number of allylic oxidation sites excluding steroid dienone is 1. The molecular weight excluding hydrogens is 1200 g/mol. The third kappa shape index (κ3) is 18.5. The monoisotopic (exact) mass is 1270 g/mol. The van der Waals surface area contributed by atoms with Crippen molar-refractivity contribution in [3.63, 3.8) is 0 Å². The summed E-state index contributed by atoms with van der Waals surface area (Å²) in [4.78, 5) is 29.7. The third-order valence-corrected chi connectivity index (χ3v) is 15.3. The number of ether oxygens (including phenoxy) is 3. The zero-order valence-corrected chi connectivity index (χ0v) is 53.4. The summed E-state index contributed by atoms with van der Waals surface area (Å²) in [5.41, 5.74) is 17.6. The molecule has 1 N–H and O–H groups in total. The molecule has 0 aromatic heterocycles. The number of carbonyl (C=O) groups is 2. The lowest BCUT2D eigenvalue weighted by atomic mass is 10.0. The fourth-order valence-corrected chi connectivity index (χ4v) is 10.6. The standard InChI is InChI=1S/C42H36N2O3.C39H34N2O2.C3H3ClO/c1-2-42(45)47-32-12-31-46-41-29-27-40(28-30-41)44(37-17-10-5-11-18-37)39-25-21-34(22-26-39)33-19-23-38(24-20-33)43(35-13-6-3-7-14-35)36-15-8-4-9-16-36;42-29-10-30-43-39-27-25-38(26-28-39)41(35-15-8-3-9-16-35)37-23-19-32(20-24-37)31-17-21-36(22-18-31)40(33-11-4-1-5-12-33)34-13-6-2-7-14-34;1-2-3(4)5/h2-11,13-30H,1,12,31-32H2;1-9,11-28,42H,10,29-30H2;2H,1H2. The number of aliphatic hydroxyl groups excluding tert-OH is 1. The predicted molar refractivity (Wildman–Crippen MR) is 392 cm³/mol. The number of hydrogen-bond donors (Lipinski definition) is 1. The summed E-state index contributed by atoms with van der Waals surface area (Å²) >= 11 is 4.71. The number of rotatable bonds is 25. The van der Waals surface area contributed by atoms with Gasteiger partial charge in [-0.05, 0) is 210 Å². The second-order valence-corrected chi connectivity index (χ2v) is 21.9. The highest BCUT2D eigenvalue weighted by Gasteiger charge is 2.18. The summed E-state index contributed by atoms with van der Waals surface area (Å²) in [5.74, 6) is 1.13. The van der Waals surface area contributed by atoms with Gasteiger partial charge in [-0.15, -0.1) is 0 Å². The van der Waals surface area contributed by atoms with Crippen molar-refractivity contribution in [1.82, 2.24) is 0 Å². The first kappa shape index (κ1) is 66.2. The van der Waals surface area contributed by atoms with Crippen LogP contribution < -0.4 is 29.1 Å². The topological polar surface area (TPSA) is 95.0 Å². The molecule has 12 aromatic carbocycles. The Kier molecular flexibility index (Phi) is 24.2. The maximum Gasteiger partial charge on any atom is 0.330 e. The molecule has 0 saturated heterocycles. The lowest BCUT2D eigenvalue weighted by molar-refractivity contribution is -0.137. The molecule has 12 rings (SSSR count). The van der Waals surface area contributed by atoms with Gasteiger partial charge in [0.1, 0.15) is 11.5 Å². The number of carbonyl (C=O) groups excluding carboxylic acids is 2. The van der Waals surface area contributed by atoms with Gasteiger partial charge < -0.3 is 38.9 Å². The van der Waals surface area contributed by atoms with Crippen LogP contribution in [0.25, 0.3) is 22.3 Å². The largest absolute Gasteiger partial charge is 0.494 e.